The zero-order chi connectivity index (χ0) is 35.9. The summed E-state index contributed by atoms with van der Waals surface area (Å²) in [4.78, 5) is 17.6. The first kappa shape index (κ1) is 34.5. The molecular weight excluding hydrogens is 679 g/mol. The normalized spacial score (nSPS) is 12.4. The maximum absolute atomic E-state index is 14.6. The number of carbonyl (C=O) groups is 1. The SMILES string of the molecule is CNC(=O)c1c(-c2ccc(F)cc2)oc2cc(N(CCC(O)CO)S(C)(=O)=O)c(-c3ccc(OC)c(-c4nc5c(F)cc(F)cc5o4)c3)cc12. The number of anilines is 1. The van der Waals surface area contributed by atoms with E-state index in [4.69, 9.17) is 13.6 Å². The van der Waals surface area contributed by atoms with Crippen LogP contribution in [-0.4, -0.2) is 69.2 Å². The number of sulfonamides is 1. The van der Waals surface area contributed by atoms with Gasteiger partial charge < -0.3 is 29.1 Å². The summed E-state index contributed by atoms with van der Waals surface area (Å²) in [7, 11) is -1.25. The lowest BCUT2D eigenvalue weighted by atomic mass is 9.96. The summed E-state index contributed by atoms with van der Waals surface area (Å²) in [6.45, 7) is -0.860. The molecule has 0 radical (unpaired) electrons. The minimum atomic E-state index is -4.06. The van der Waals surface area contributed by atoms with Gasteiger partial charge in [0.25, 0.3) is 5.91 Å². The quantitative estimate of drug-likeness (QED) is 0.150. The second kappa shape index (κ2) is 13.5. The van der Waals surface area contributed by atoms with Crippen LogP contribution in [0.1, 0.15) is 16.8 Å². The van der Waals surface area contributed by atoms with Crippen LogP contribution >= 0.6 is 0 Å². The number of fused-ring (bicyclic) bond motifs is 2. The van der Waals surface area contributed by atoms with Crippen molar-refractivity contribution in [2.75, 3.05) is 37.9 Å². The number of hydrogen-bond donors (Lipinski definition) is 3. The highest BCUT2D eigenvalue weighted by Gasteiger charge is 2.28. The second-order valence-electron chi connectivity index (χ2n) is 11.4. The predicted molar refractivity (Wildman–Crippen MR) is 180 cm³/mol. The van der Waals surface area contributed by atoms with E-state index in [2.05, 4.69) is 10.3 Å². The first-order valence-corrected chi connectivity index (χ1v) is 17.0. The zero-order valence-corrected chi connectivity index (χ0v) is 27.6. The highest BCUT2D eigenvalue weighted by atomic mass is 32.2. The summed E-state index contributed by atoms with van der Waals surface area (Å²) in [6.07, 6.45) is -0.390. The van der Waals surface area contributed by atoms with Gasteiger partial charge in [0, 0.05) is 48.3 Å². The summed E-state index contributed by atoms with van der Waals surface area (Å²) in [5.74, 6) is -2.63. The van der Waals surface area contributed by atoms with Gasteiger partial charge in [0.1, 0.15) is 34.2 Å². The molecule has 11 nitrogen and oxygen atoms in total. The number of nitrogens with zero attached hydrogens (tertiary/aromatic N) is 2. The Morgan fingerprint density at radius 3 is 2.34 bits per heavy atom. The zero-order valence-electron chi connectivity index (χ0n) is 26.8. The molecule has 4 aromatic carbocycles. The second-order valence-corrected chi connectivity index (χ2v) is 13.3. The molecule has 0 aliphatic carbocycles. The van der Waals surface area contributed by atoms with Gasteiger partial charge in [-0.2, -0.15) is 0 Å². The molecule has 0 saturated carbocycles. The van der Waals surface area contributed by atoms with Crippen LogP contribution < -0.4 is 14.4 Å². The number of furan rings is 1. The van der Waals surface area contributed by atoms with Gasteiger partial charge in [-0.15, -0.1) is 0 Å². The van der Waals surface area contributed by atoms with E-state index in [1.54, 1.807) is 24.3 Å². The first-order valence-electron chi connectivity index (χ1n) is 15.1. The predicted octanol–water partition coefficient (Wildman–Crippen LogP) is 5.87. The summed E-state index contributed by atoms with van der Waals surface area (Å²) >= 11 is 0. The van der Waals surface area contributed by atoms with Crippen molar-refractivity contribution in [1.82, 2.24) is 10.3 Å². The van der Waals surface area contributed by atoms with Crippen molar-refractivity contribution < 1.29 is 50.2 Å². The van der Waals surface area contributed by atoms with Gasteiger partial charge in [-0.05, 0) is 54.4 Å². The van der Waals surface area contributed by atoms with Crippen LogP contribution in [0.2, 0.25) is 0 Å². The van der Waals surface area contributed by atoms with Crippen molar-refractivity contribution in [2.45, 2.75) is 12.5 Å². The number of rotatable bonds is 11. The standard InChI is InChI=1S/C35H30F3N3O8S/c1-39-34(44)31-24-15-23(19-6-9-28(47-2)25(12-19)35-40-32-26(38)13-21(37)14-30(32)49-35)27(41(50(3,45)46)11-10-22(43)17-42)16-29(24)48-33(31)18-4-7-20(36)8-5-18/h4-9,12-16,22,42-43H,10-11,17H2,1-3H3,(H,39,44). The lowest BCUT2D eigenvalue weighted by Crippen LogP contribution is -2.33. The third-order valence-corrected chi connectivity index (χ3v) is 9.25. The number of nitrogens with one attached hydrogen (secondary N) is 1. The maximum Gasteiger partial charge on any atom is 0.255 e. The van der Waals surface area contributed by atoms with E-state index in [-0.39, 0.29) is 74.8 Å². The van der Waals surface area contributed by atoms with E-state index in [9.17, 15) is 36.6 Å². The van der Waals surface area contributed by atoms with Crippen molar-refractivity contribution in [2.24, 2.45) is 0 Å². The summed E-state index contributed by atoms with van der Waals surface area (Å²) < 4.78 is 87.5. The van der Waals surface area contributed by atoms with Crippen LogP contribution in [0.25, 0.3) is 56.0 Å². The minimum Gasteiger partial charge on any atom is -0.496 e. The summed E-state index contributed by atoms with van der Waals surface area (Å²) in [5, 5.41) is 22.4. The van der Waals surface area contributed by atoms with Crippen LogP contribution in [0, 0.1) is 17.5 Å². The average Bonchev–Trinajstić information content (AvgIpc) is 3.69. The molecule has 1 atom stereocenters. The number of benzene rings is 4. The van der Waals surface area contributed by atoms with E-state index in [1.165, 1.54) is 44.5 Å². The van der Waals surface area contributed by atoms with Gasteiger partial charge in [-0.3, -0.25) is 9.10 Å². The number of oxazole rings is 1. The topological polar surface area (TPSA) is 155 Å². The monoisotopic (exact) mass is 709 g/mol. The van der Waals surface area contributed by atoms with Gasteiger partial charge in [0.15, 0.2) is 11.4 Å². The molecule has 2 heterocycles. The number of aliphatic hydroxyl groups is 2. The fraction of sp³-hybridized carbons (Fsp3) is 0.200. The highest BCUT2D eigenvalue weighted by Crippen LogP contribution is 2.44. The average molecular weight is 710 g/mol. The molecule has 0 fully saturated rings. The molecule has 6 aromatic rings. The van der Waals surface area contributed by atoms with Crippen molar-refractivity contribution in [3.8, 4) is 39.7 Å². The van der Waals surface area contributed by atoms with Crippen LogP contribution in [0.3, 0.4) is 0 Å². The molecule has 2 aromatic heterocycles. The number of aliphatic hydroxyl groups excluding tert-OH is 2. The van der Waals surface area contributed by atoms with Crippen molar-refractivity contribution in [3.05, 3.63) is 89.7 Å². The number of methoxy groups -OCH3 is 1. The molecule has 0 bridgehead atoms. The molecule has 50 heavy (non-hydrogen) atoms. The van der Waals surface area contributed by atoms with Crippen LogP contribution in [0.5, 0.6) is 5.75 Å². The molecule has 0 aliphatic heterocycles. The molecule has 15 heteroatoms. The van der Waals surface area contributed by atoms with E-state index in [0.717, 1.165) is 16.6 Å². The summed E-state index contributed by atoms with van der Waals surface area (Å²) in [5.41, 5.74) is 1.11. The highest BCUT2D eigenvalue weighted by molar-refractivity contribution is 7.92. The third kappa shape index (κ3) is 6.49. The Labute approximate surface area is 283 Å². The number of carbonyl (C=O) groups excluding carboxylic acids is 1. The maximum atomic E-state index is 14.6. The van der Waals surface area contributed by atoms with Crippen molar-refractivity contribution >= 4 is 43.7 Å². The molecule has 260 valence electrons. The number of halogens is 3. The molecular formula is C35H30F3N3O8S. The fourth-order valence-electron chi connectivity index (χ4n) is 5.66. The Bertz CT molecular complexity index is 2360. The van der Waals surface area contributed by atoms with Gasteiger partial charge in [0.2, 0.25) is 15.9 Å². The number of aromatic nitrogens is 1. The molecule has 0 aliphatic rings. The largest absolute Gasteiger partial charge is 0.496 e. The molecule has 6 rings (SSSR count). The van der Waals surface area contributed by atoms with Gasteiger partial charge in [-0.25, -0.2) is 26.6 Å². The smallest absolute Gasteiger partial charge is 0.255 e. The number of hydrogen-bond acceptors (Lipinski definition) is 9. The molecule has 3 N–H and O–H groups in total. The number of amides is 1. The van der Waals surface area contributed by atoms with Crippen molar-refractivity contribution in [3.63, 3.8) is 0 Å². The van der Waals surface area contributed by atoms with Crippen molar-refractivity contribution in [1.29, 1.82) is 0 Å². The molecule has 0 saturated heterocycles. The van der Waals surface area contributed by atoms with E-state index >= 15 is 0 Å². The molecule has 0 spiro atoms. The van der Waals surface area contributed by atoms with E-state index in [1.807, 2.05) is 0 Å². The lowest BCUT2D eigenvalue weighted by molar-refractivity contribution is 0.0904. The van der Waals surface area contributed by atoms with Gasteiger partial charge >= 0.3 is 0 Å². The Morgan fingerprint density at radius 2 is 1.68 bits per heavy atom. The van der Waals surface area contributed by atoms with E-state index < -0.39 is 46.1 Å². The number of ether oxygens (including phenoxy) is 1. The molecule has 1 unspecified atom stereocenters. The fourth-order valence-corrected chi connectivity index (χ4v) is 6.61. The van der Waals surface area contributed by atoms with Gasteiger partial charge in [-0.1, -0.05) is 6.07 Å². The van der Waals surface area contributed by atoms with Crippen LogP contribution in [0.4, 0.5) is 18.9 Å². The van der Waals surface area contributed by atoms with E-state index in [0.29, 0.717) is 17.2 Å². The Hall–Kier alpha value is -5.38. The molecule has 1 amide bonds. The Kier molecular flexibility index (Phi) is 9.31. The summed E-state index contributed by atoms with van der Waals surface area (Å²) in [6, 6.07) is 14.6. The Morgan fingerprint density at radius 1 is 0.960 bits per heavy atom. The third-order valence-electron chi connectivity index (χ3n) is 8.07. The van der Waals surface area contributed by atoms with Crippen LogP contribution in [-0.2, 0) is 10.0 Å². The minimum absolute atomic E-state index is 0.0785. The van der Waals surface area contributed by atoms with Gasteiger partial charge in [0.05, 0.1) is 42.9 Å². The Balaban J connectivity index is 1.65. The lowest BCUT2D eigenvalue weighted by Gasteiger charge is -2.26. The van der Waals surface area contributed by atoms with Crippen LogP contribution in [0.15, 0.2) is 75.6 Å². The first-order chi connectivity index (χ1) is 23.8.